The van der Waals surface area contributed by atoms with Gasteiger partial charge < -0.3 is 25.7 Å². The van der Waals surface area contributed by atoms with Gasteiger partial charge in [0.25, 0.3) is 0 Å². The maximum Gasteiger partial charge on any atom is 0.243 e. The van der Waals surface area contributed by atoms with Crippen LogP contribution < -0.4 is 10.6 Å². The van der Waals surface area contributed by atoms with Gasteiger partial charge in [0.15, 0.2) is 9.84 Å². The Morgan fingerprint density at radius 3 is 2.24 bits per heavy atom. The van der Waals surface area contributed by atoms with Crippen LogP contribution in [0.4, 0.5) is 0 Å². The molecule has 0 radical (unpaired) electrons. The number of hydrogen-bond acceptors (Lipinski definition) is 7. The quantitative estimate of drug-likeness (QED) is 0.169. The van der Waals surface area contributed by atoms with Gasteiger partial charge in [-0.25, -0.2) is 8.42 Å². The van der Waals surface area contributed by atoms with Gasteiger partial charge in [0.05, 0.1) is 29.6 Å². The first-order valence-electron chi connectivity index (χ1n) is 16.6. The van der Waals surface area contributed by atoms with E-state index in [9.17, 15) is 28.2 Å². The maximum absolute atomic E-state index is 13.7. The van der Waals surface area contributed by atoms with Crippen LogP contribution in [0.25, 0.3) is 0 Å². The van der Waals surface area contributed by atoms with E-state index >= 15 is 0 Å². The Balaban J connectivity index is 2.24. The lowest BCUT2D eigenvalue weighted by molar-refractivity contribution is -0.132. The van der Waals surface area contributed by atoms with Gasteiger partial charge >= 0.3 is 0 Å². The van der Waals surface area contributed by atoms with Gasteiger partial charge in [-0.3, -0.25) is 9.59 Å². The second-order valence-electron chi connectivity index (χ2n) is 13.6. The summed E-state index contributed by atoms with van der Waals surface area (Å²) in [6.45, 7) is 8.22. The van der Waals surface area contributed by atoms with E-state index in [-0.39, 0.29) is 36.3 Å². The zero-order chi connectivity index (χ0) is 33.6. The summed E-state index contributed by atoms with van der Waals surface area (Å²) >= 11 is 0. The van der Waals surface area contributed by atoms with Crippen molar-refractivity contribution in [3.05, 3.63) is 35.9 Å². The molecule has 2 amide bonds. The zero-order valence-corrected chi connectivity index (χ0v) is 28.8. The molecule has 1 saturated carbocycles. The van der Waals surface area contributed by atoms with E-state index in [1.54, 1.807) is 0 Å². The van der Waals surface area contributed by atoms with Crippen molar-refractivity contribution in [2.45, 2.75) is 116 Å². The number of terminal acetylenes is 1. The molecule has 1 aliphatic rings. The third-order valence-electron chi connectivity index (χ3n) is 8.90. The van der Waals surface area contributed by atoms with Crippen molar-refractivity contribution in [2.24, 2.45) is 17.8 Å². The number of nitrogens with one attached hydrogen (secondary N) is 2. The van der Waals surface area contributed by atoms with Crippen molar-refractivity contribution in [3.63, 3.8) is 0 Å². The lowest BCUT2D eigenvalue weighted by Crippen LogP contribution is -2.56. The van der Waals surface area contributed by atoms with Gasteiger partial charge in [-0.05, 0) is 57.6 Å². The highest BCUT2D eigenvalue weighted by Crippen LogP contribution is 2.29. The highest BCUT2D eigenvalue weighted by molar-refractivity contribution is 7.91. The molecule has 0 saturated heterocycles. The molecule has 1 aromatic carbocycles. The van der Waals surface area contributed by atoms with Gasteiger partial charge in [-0.2, -0.15) is 0 Å². The largest absolute Gasteiger partial charge is 0.390 e. The Labute approximate surface area is 271 Å². The molecular weight excluding hydrogens is 590 g/mol. The molecule has 1 aliphatic carbocycles. The van der Waals surface area contributed by atoms with Crippen molar-refractivity contribution in [2.75, 3.05) is 25.1 Å². The van der Waals surface area contributed by atoms with E-state index in [1.165, 1.54) is 0 Å². The van der Waals surface area contributed by atoms with E-state index < -0.39 is 51.9 Å². The van der Waals surface area contributed by atoms with E-state index in [4.69, 9.17) is 6.42 Å². The highest BCUT2D eigenvalue weighted by atomic mass is 32.2. The maximum atomic E-state index is 13.7. The number of sulfone groups is 1. The van der Waals surface area contributed by atoms with E-state index in [0.717, 1.165) is 37.7 Å². The number of carbonyl (C=O) groups is 2. The summed E-state index contributed by atoms with van der Waals surface area (Å²) in [6, 6.07) is 7.52. The first kappa shape index (κ1) is 38.7. The first-order valence-corrected chi connectivity index (χ1v) is 18.4. The fourth-order valence-corrected chi connectivity index (χ4v) is 7.53. The lowest BCUT2D eigenvalue weighted by Gasteiger charge is -2.33. The molecule has 9 nitrogen and oxygen atoms in total. The first-order chi connectivity index (χ1) is 21.2. The average molecular weight is 648 g/mol. The number of nitrogens with zero attached hydrogens (tertiary/aromatic N) is 1. The minimum Gasteiger partial charge on any atom is -0.390 e. The van der Waals surface area contributed by atoms with Crippen molar-refractivity contribution in [3.8, 4) is 12.3 Å². The minimum atomic E-state index is -3.61. The smallest absolute Gasteiger partial charge is 0.243 e. The molecule has 4 N–H and O–H groups in total. The fourth-order valence-electron chi connectivity index (χ4n) is 5.91. The molecule has 0 aliphatic heterocycles. The highest BCUT2D eigenvalue weighted by Gasteiger charge is 2.34. The molecule has 10 heteroatoms. The molecule has 1 fully saturated rings. The molecule has 2 rings (SSSR count). The summed E-state index contributed by atoms with van der Waals surface area (Å²) in [5.74, 6) is 0.391. The van der Waals surface area contributed by atoms with Crippen LogP contribution in [0.2, 0.25) is 0 Å². The normalized spacial score (nSPS) is 17.8. The number of aliphatic hydroxyl groups is 2. The Morgan fingerprint density at radius 1 is 1.02 bits per heavy atom. The van der Waals surface area contributed by atoms with Crippen LogP contribution in [0, 0.1) is 30.1 Å². The number of rotatable bonds is 19. The molecule has 0 spiro atoms. The van der Waals surface area contributed by atoms with Gasteiger partial charge in [-0.15, -0.1) is 12.3 Å². The summed E-state index contributed by atoms with van der Waals surface area (Å²) in [6.07, 6.45) is 9.70. The summed E-state index contributed by atoms with van der Waals surface area (Å²) in [4.78, 5) is 29.3. The number of benzene rings is 1. The van der Waals surface area contributed by atoms with Crippen molar-refractivity contribution in [1.29, 1.82) is 0 Å². The Kier molecular flexibility index (Phi) is 16.6. The molecule has 0 unspecified atom stereocenters. The molecule has 254 valence electrons. The van der Waals surface area contributed by atoms with Crippen LogP contribution >= 0.6 is 0 Å². The van der Waals surface area contributed by atoms with Crippen LogP contribution in [0.15, 0.2) is 30.3 Å². The predicted molar refractivity (Wildman–Crippen MR) is 180 cm³/mol. The third-order valence-corrected chi connectivity index (χ3v) is 10.6. The van der Waals surface area contributed by atoms with Crippen LogP contribution in [0.3, 0.4) is 0 Å². The second kappa shape index (κ2) is 19.3. The second-order valence-corrected chi connectivity index (χ2v) is 15.8. The average Bonchev–Trinajstić information content (AvgIpc) is 2.99. The summed E-state index contributed by atoms with van der Waals surface area (Å²) < 4.78 is 26.4. The molecule has 5 atom stereocenters. The molecule has 0 heterocycles. The van der Waals surface area contributed by atoms with E-state index in [2.05, 4.69) is 16.6 Å². The Bertz CT molecular complexity index is 1180. The molecule has 0 bridgehead atoms. The summed E-state index contributed by atoms with van der Waals surface area (Å²) in [5, 5.41) is 27.5. The number of amides is 2. The number of carbonyl (C=O) groups excluding carboxylic acids is 2. The van der Waals surface area contributed by atoms with Gasteiger partial charge in [0.2, 0.25) is 11.8 Å². The monoisotopic (exact) mass is 647 g/mol. The Hall–Kier alpha value is -2.45. The van der Waals surface area contributed by atoms with E-state index in [0.29, 0.717) is 25.3 Å². The van der Waals surface area contributed by atoms with Crippen LogP contribution in [-0.2, 0) is 25.8 Å². The van der Waals surface area contributed by atoms with Gasteiger partial charge in [0, 0.05) is 19.0 Å². The van der Waals surface area contributed by atoms with Crippen LogP contribution in [0.5, 0.6) is 0 Å². The summed E-state index contributed by atoms with van der Waals surface area (Å²) in [7, 11) is -1.75. The topological polar surface area (TPSA) is 136 Å². The predicted octanol–water partition coefficient (Wildman–Crippen LogP) is 3.33. The Morgan fingerprint density at radius 2 is 1.67 bits per heavy atom. The van der Waals surface area contributed by atoms with Crippen molar-refractivity contribution in [1.82, 2.24) is 15.5 Å². The van der Waals surface area contributed by atoms with Gasteiger partial charge in [0.1, 0.15) is 12.1 Å². The molecule has 0 aromatic heterocycles. The number of hydrogen-bond donors (Lipinski definition) is 4. The lowest BCUT2D eigenvalue weighted by atomic mass is 9.82. The standard InChI is InChI=1S/C35H57N3O6S/c1-7-14-30(35(42)37-31(23-28-17-12-9-13-18-28)33(40)32(39)21-25(2)3)36-34(41)29(22-27-15-10-8-11-16-27)24-45(43,44)20-19-38(6)26(4)5/h1,8,10-11,15-16,25-26,28-33,39-40H,9,12-14,17-24H2,2-6H3,(H,36,41)(H,37,42)/t29-,30+,31+,32+,33-/m1/s1. The molecular formula is C35H57N3O6S. The molecule has 45 heavy (non-hydrogen) atoms. The van der Waals surface area contributed by atoms with Crippen LogP contribution in [0.1, 0.15) is 84.6 Å². The third kappa shape index (κ3) is 14.2. The molecule has 1 aromatic rings. The summed E-state index contributed by atoms with van der Waals surface area (Å²) in [5.41, 5.74) is 0.805. The fraction of sp³-hybridized carbons (Fsp3) is 0.714. The van der Waals surface area contributed by atoms with E-state index in [1.807, 2.05) is 70.0 Å². The number of aliphatic hydroxyl groups excluding tert-OH is 2. The zero-order valence-electron chi connectivity index (χ0n) is 28.0. The SMILES string of the molecule is C#CC[C@H](NC(=O)[C@H](Cc1ccccc1)CS(=O)(=O)CCN(C)C(C)C)C(=O)N[C@@H](CC1CCCCC1)[C@@H](O)[C@@H](O)CC(C)C. The van der Waals surface area contributed by atoms with Crippen molar-refractivity contribution >= 4 is 21.7 Å². The van der Waals surface area contributed by atoms with Gasteiger partial charge in [-0.1, -0.05) is 76.3 Å². The minimum absolute atomic E-state index is 0.0893. The van der Waals surface area contributed by atoms with Crippen molar-refractivity contribution < 1.29 is 28.2 Å². The van der Waals surface area contributed by atoms with Crippen LogP contribution in [-0.4, -0.2) is 90.8 Å².